The summed E-state index contributed by atoms with van der Waals surface area (Å²) in [5.41, 5.74) is 0.689. The number of carbonyl (C=O) groups excluding carboxylic acids is 1. The maximum Gasteiger partial charge on any atom is 0.287 e. The first-order valence-corrected chi connectivity index (χ1v) is 7.54. The van der Waals surface area contributed by atoms with Crippen molar-refractivity contribution in [2.24, 2.45) is 0 Å². The first-order valence-electron chi connectivity index (χ1n) is 6.73. The summed E-state index contributed by atoms with van der Waals surface area (Å²) in [4.78, 5) is 28.9. The summed E-state index contributed by atoms with van der Waals surface area (Å²) in [7, 11) is 0. The van der Waals surface area contributed by atoms with Crippen LogP contribution in [-0.4, -0.2) is 10.9 Å². The SMILES string of the molecule is Cc1cc(=O)cc(C(=O)NCc2sc(C(C)C)nc2C)o1. The molecular formula is C15H18N2O3S. The second-order valence-corrected chi connectivity index (χ2v) is 6.28. The molecule has 0 saturated heterocycles. The highest BCUT2D eigenvalue weighted by Gasteiger charge is 2.14. The smallest absolute Gasteiger partial charge is 0.287 e. The number of nitrogens with zero attached hydrogens (tertiary/aromatic N) is 1. The number of hydrogen-bond donors (Lipinski definition) is 1. The molecule has 1 N–H and O–H groups in total. The fourth-order valence-electron chi connectivity index (χ4n) is 1.82. The predicted octanol–water partition coefficient (Wildman–Crippen LogP) is 2.77. The fourth-order valence-corrected chi connectivity index (χ4v) is 2.83. The third-order valence-corrected chi connectivity index (χ3v) is 4.38. The number of thiazole rings is 1. The standard InChI is InChI=1S/C15H18N2O3S/c1-8(2)15-17-10(4)13(21-15)7-16-14(19)12-6-11(18)5-9(3)20-12/h5-6,8H,7H2,1-4H3,(H,16,19). The van der Waals surface area contributed by atoms with Gasteiger partial charge in [-0.3, -0.25) is 9.59 Å². The van der Waals surface area contributed by atoms with Crippen LogP contribution < -0.4 is 10.7 Å². The van der Waals surface area contributed by atoms with Gasteiger partial charge in [0.25, 0.3) is 5.91 Å². The molecule has 0 aliphatic rings. The van der Waals surface area contributed by atoms with Gasteiger partial charge < -0.3 is 9.73 Å². The molecule has 2 rings (SSSR count). The molecule has 0 saturated carbocycles. The van der Waals surface area contributed by atoms with Crippen LogP contribution in [0.15, 0.2) is 21.3 Å². The normalized spacial score (nSPS) is 10.9. The number of carbonyl (C=O) groups is 1. The van der Waals surface area contributed by atoms with Gasteiger partial charge in [0.05, 0.1) is 17.2 Å². The lowest BCUT2D eigenvalue weighted by atomic mass is 10.2. The highest BCUT2D eigenvalue weighted by Crippen LogP contribution is 2.24. The molecule has 2 aromatic rings. The number of aromatic nitrogens is 1. The van der Waals surface area contributed by atoms with Crippen LogP contribution in [0, 0.1) is 13.8 Å². The highest BCUT2D eigenvalue weighted by atomic mass is 32.1. The third-order valence-electron chi connectivity index (χ3n) is 2.93. The predicted molar refractivity (Wildman–Crippen MR) is 81.8 cm³/mol. The maximum absolute atomic E-state index is 12.0. The van der Waals surface area contributed by atoms with E-state index in [1.807, 2.05) is 6.92 Å². The molecule has 0 radical (unpaired) electrons. The molecule has 0 bridgehead atoms. The number of amides is 1. The van der Waals surface area contributed by atoms with Gasteiger partial charge in [-0.15, -0.1) is 11.3 Å². The molecule has 112 valence electrons. The first-order chi connectivity index (χ1) is 9.86. The van der Waals surface area contributed by atoms with E-state index in [4.69, 9.17) is 4.42 Å². The summed E-state index contributed by atoms with van der Waals surface area (Å²) in [5, 5.41) is 3.82. The monoisotopic (exact) mass is 306 g/mol. The van der Waals surface area contributed by atoms with Crippen molar-refractivity contribution in [3.05, 3.63) is 49.5 Å². The van der Waals surface area contributed by atoms with Crippen molar-refractivity contribution >= 4 is 17.2 Å². The van der Waals surface area contributed by atoms with Crippen molar-refractivity contribution in [3.8, 4) is 0 Å². The highest BCUT2D eigenvalue weighted by molar-refractivity contribution is 7.11. The Kier molecular flexibility index (Phi) is 4.57. The third kappa shape index (κ3) is 3.78. The second-order valence-electron chi connectivity index (χ2n) is 5.17. The van der Waals surface area contributed by atoms with Crippen LogP contribution in [0.25, 0.3) is 0 Å². The van der Waals surface area contributed by atoms with Gasteiger partial charge in [0.2, 0.25) is 0 Å². The Hall–Kier alpha value is -1.95. The number of hydrogen-bond acceptors (Lipinski definition) is 5. The van der Waals surface area contributed by atoms with Gasteiger partial charge in [-0.05, 0) is 13.8 Å². The minimum atomic E-state index is -0.394. The number of aryl methyl sites for hydroxylation is 2. The maximum atomic E-state index is 12.0. The zero-order valence-electron chi connectivity index (χ0n) is 12.5. The molecule has 2 heterocycles. The Bertz CT molecular complexity index is 716. The van der Waals surface area contributed by atoms with E-state index in [1.54, 1.807) is 18.3 Å². The van der Waals surface area contributed by atoms with Gasteiger partial charge in [0, 0.05) is 22.9 Å². The van der Waals surface area contributed by atoms with E-state index in [9.17, 15) is 9.59 Å². The Labute approximate surface area is 127 Å². The molecule has 6 heteroatoms. The lowest BCUT2D eigenvalue weighted by Gasteiger charge is -2.04. The zero-order valence-corrected chi connectivity index (χ0v) is 13.3. The van der Waals surface area contributed by atoms with E-state index in [0.29, 0.717) is 18.2 Å². The largest absolute Gasteiger partial charge is 0.456 e. The second kappa shape index (κ2) is 6.22. The van der Waals surface area contributed by atoms with Crippen molar-refractivity contribution in [2.75, 3.05) is 0 Å². The molecule has 0 aromatic carbocycles. The zero-order chi connectivity index (χ0) is 15.6. The Morgan fingerprint density at radius 2 is 2.10 bits per heavy atom. The van der Waals surface area contributed by atoms with Gasteiger partial charge in [0.1, 0.15) is 5.76 Å². The van der Waals surface area contributed by atoms with E-state index in [1.165, 1.54) is 12.1 Å². The van der Waals surface area contributed by atoms with E-state index < -0.39 is 5.91 Å². The van der Waals surface area contributed by atoms with Gasteiger partial charge in [-0.1, -0.05) is 13.8 Å². The van der Waals surface area contributed by atoms with E-state index in [-0.39, 0.29) is 11.2 Å². The lowest BCUT2D eigenvalue weighted by Crippen LogP contribution is -2.23. The van der Waals surface area contributed by atoms with Crippen molar-refractivity contribution < 1.29 is 9.21 Å². The Balaban J connectivity index is 2.09. The summed E-state index contributed by atoms with van der Waals surface area (Å²) in [6.45, 7) is 8.12. The van der Waals surface area contributed by atoms with Crippen LogP contribution >= 0.6 is 11.3 Å². The molecular weight excluding hydrogens is 288 g/mol. The topological polar surface area (TPSA) is 72.2 Å². The average Bonchev–Trinajstić information content (AvgIpc) is 2.76. The quantitative estimate of drug-likeness (QED) is 0.942. The van der Waals surface area contributed by atoms with Crippen LogP contribution in [-0.2, 0) is 6.54 Å². The van der Waals surface area contributed by atoms with E-state index in [0.717, 1.165) is 15.6 Å². The summed E-state index contributed by atoms with van der Waals surface area (Å²) in [5.74, 6) is 0.428. The molecule has 1 amide bonds. The molecule has 0 atom stereocenters. The molecule has 0 spiro atoms. The van der Waals surface area contributed by atoms with E-state index >= 15 is 0 Å². The summed E-state index contributed by atoms with van der Waals surface area (Å²) in [6.07, 6.45) is 0. The minimum Gasteiger partial charge on any atom is -0.456 e. The van der Waals surface area contributed by atoms with E-state index in [2.05, 4.69) is 24.1 Å². The molecule has 2 aromatic heterocycles. The van der Waals surface area contributed by atoms with Crippen LogP contribution in [0.3, 0.4) is 0 Å². The van der Waals surface area contributed by atoms with Crippen LogP contribution in [0.1, 0.15) is 51.7 Å². The van der Waals surface area contributed by atoms with Crippen molar-refractivity contribution in [1.82, 2.24) is 10.3 Å². The molecule has 0 unspecified atom stereocenters. The fraction of sp³-hybridized carbons (Fsp3) is 0.400. The van der Waals surface area contributed by atoms with Crippen LogP contribution in [0.4, 0.5) is 0 Å². The van der Waals surface area contributed by atoms with Crippen molar-refractivity contribution in [3.63, 3.8) is 0 Å². The van der Waals surface area contributed by atoms with Gasteiger partial charge in [-0.2, -0.15) is 0 Å². The average molecular weight is 306 g/mol. The Morgan fingerprint density at radius 1 is 1.38 bits per heavy atom. The first kappa shape index (κ1) is 15.4. The molecule has 0 fully saturated rings. The number of rotatable bonds is 4. The molecule has 0 aliphatic carbocycles. The Morgan fingerprint density at radius 3 is 2.67 bits per heavy atom. The van der Waals surface area contributed by atoms with Crippen molar-refractivity contribution in [1.29, 1.82) is 0 Å². The lowest BCUT2D eigenvalue weighted by molar-refractivity contribution is 0.0919. The van der Waals surface area contributed by atoms with Crippen LogP contribution in [0.2, 0.25) is 0 Å². The summed E-state index contributed by atoms with van der Waals surface area (Å²) >= 11 is 1.59. The summed E-state index contributed by atoms with van der Waals surface area (Å²) < 4.78 is 5.26. The molecule has 0 aliphatic heterocycles. The van der Waals surface area contributed by atoms with Crippen LogP contribution in [0.5, 0.6) is 0 Å². The van der Waals surface area contributed by atoms with Gasteiger partial charge >= 0.3 is 0 Å². The van der Waals surface area contributed by atoms with Gasteiger partial charge in [-0.25, -0.2) is 4.98 Å². The van der Waals surface area contributed by atoms with Crippen molar-refractivity contribution in [2.45, 2.75) is 40.2 Å². The molecule has 5 nitrogen and oxygen atoms in total. The number of nitrogens with one attached hydrogen (secondary N) is 1. The minimum absolute atomic E-state index is 0.0336. The van der Waals surface area contributed by atoms with Gasteiger partial charge in [0.15, 0.2) is 11.2 Å². The summed E-state index contributed by atoms with van der Waals surface area (Å²) in [6, 6.07) is 2.54. The molecule has 21 heavy (non-hydrogen) atoms.